The standard InChI is InChI=1S/C64H38N4O8S4/c1-77(69,70)61-53-45-33-21-5-13-29-15-7-23-35(41(29)33)47(45)55(65-53)62(78(2,71)72)57-49-37-25-9-17-31-19-11-27-39(43(31)37)51(49)59(67-57)64(80(4,75)76)60-52-40-28-12-20-32-18-10-26-38(44(32)40)50(52)58(68-60)63(79(3,73)74)56-48-36-24-8-16-30-14-6-22-34(42(30)36)46(48)54(61)66-56/h5-28,65,68H,1-4H3. The van der Waals surface area contributed by atoms with Crippen LogP contribution in [-0.4, -0.2) is 78.6 Å². The predicted octanol–water partition coefficient (Wildman–Crippen LogP) is 13.0. The van der Waals surface area contributed by atoms with Gasteiger partial charge in [-0.3, -0.25) is 0 Å². The first kappa shape index (κ1) is 46.1. The van der Waals surface area contributed by atoms with E-state index in [0.717, 1.165) is 68.1 Å². The summed E-state index contributed by atoms with van der Waals surface area (Å²) in [6.45, 7) is 0. The third kappa shape index (κ3) is 5.63. The van der Waals surface area contributed by atoms with Crippen molar-refractivity contribution < 1.29 is 33.7 Å². The molecule has 386 valence electrons. The van der Waals surface area contributed by atoms with Gasteiger partial charge in [0.05, 0.1) is 44.1 Å². The predicted molar refractivity (Wildman–Crippen MR) is 318 cm³/mol. The zero-order valence-corrected chi connectivity index (χ0v) is 45.9. The number of hydrogen-bond acceptors (Lipinski definition) is 10. The summed E-state index contributed by atoms with van der Waals surface area (Å²) in [4.78, 5) is 16.5. The Morgan fingerprint density at radius 1 is 0.287 bits per heavy atom. The van der Waals surface area contributed by atoms with Crippen LogP contribution in [0.5, 0.6) is 0 Å². The summed E-state index contributed by atoms with van der Waals surface area (Å²) >= 11 is 0. The molecule has 12 nitrogen and oxygen atoms in total. The zero-order chi connectivity index (χ0) is 54.6. The van der Waals surface area contributed by atoms with Crippen molar-refractivity contribution in [2.24, 2.45) is 0 Å². The van der Waals surface area contributed by atoms with Gasteiger partial charge in [-0.05, 0) is 86.9 Å². The molecule has 0 fully saturated rings. The van der Waals surface area contributed by atoms with Gasteiger partial charge < -0.3 is 9.97 Å². The van der Waals surface area contributed by atoms with E-state index in [4.69, 9.17) is 9.97 Å². The van der Waals surface area contributed by atoms with E-state index < -0.39 is 39.3 Å². The molecule has 11 aromatic rings. The molecule has 80 heavy (non-hydrogen) atoms. The van der Waals surface area contributed by atoms with Crippen molar-refractivity contribution in [2.45, 2.75) is 19.6 Å². The van der Waals surface area contributed by atoms with Gasteiger partial charge >= 0.3 is 0 Å². The first-order chi connectivity index (χ1) is 38.3. The summed E-state index contributed by atoms with van der Waals surface area (Å²) in [6.07, 6.45) is 4.34. The van der Waals surface area contributed by atoms with Crippen molar-refractivity contribution in [3.8, 4) is 44.5 Å². The molecule has 0 saturated carbocycles. The molecule has 4 aliphatic carbocycles. The van der Waals surface area contributed by atoms with E-state index in [1.54, 1.807) is 0 Å². The molecule has 17 rings (SSSR count). The second-order valence-corrected chi connectivity index (χ2v) is 29.4. The number of H-pyrrole nitrogens is 2. The van der Waals surface area contributed by atoms with Crippen LogP contribution < -0.4 is 0 Å². The van der Waals surface area contributed by atoms with Crippen LogP contribution in [0.4, 0.5) is 0 Å². The van der Waals surface area contributed by atoms with Crippen molar-refractivity contribution in [1.29, 1.82) is 0 Å². The number of sulfone groups is 4. The van der Waals surface area contributed by atoms with E-state index in [0.29, 0.717) is 86.9 Å². The van der Waals surface area contributed by atoms with E-state index in [9.17, 15) is 0 Å². The van der Waals surface area contributed by atoms with Crippen LogP contribution in [-0.2, 0) is 39.3 Å². The minimum atomic E-state index is -4.48. The highest BCUT2D eigenvalue weighted by atomic mass is 32.2. The monoisotopic (exact) mass is 1120 g/mol. The van der Waals surface area contributed by atoms with Crippen LogP contribution in [0.15, 0.2) is 165 Å². The molecule has 16 heteroatoms. The molecule has 8 aromatic carbocycles. The van der Waals surface area contributed by atoms with Crippen LogP contribution in [0.1, 0.15) is 0 Å². The molecule has 8 bridgehead atoms. The molecule has 6 aliphatic rings. The van der Waals surface area contributed by atoms with Gasteiger partial charge in [0.15, 0.2) is 39.3 Å². The Morgan fingerprint density at radius 2 is 0.500 bits per heavy atom. The lowest BCUT2D eigenvalue weighted by Crippen LogP contribution is -2.02. The Hall–Kier alpha value is -8.80. The number of fused-ring (bicyclic) bond motifs is 26. The third-order valence-electron chi connectivity index (χ3n) is 16.9. The van der Waals surface area contributed by atoms with Crippen molar-refractivity contribution in [1.82, 2.24) is 19.9 Å². The Morgan fingerprint density at radius 3 is 0.725 bits per heavy atom. The highest BCUT2D eigenvalue weighted by Crippen LogP contribution is 2.57. The Labute approximate surface area is 454 Å². The summed E-state index contributed by atoms with van der Waals surface area (Å²) in [5.74, 6) is 0. The molecule has 2 N–H and O–H groups in total. The van der Waals surface area contributed by atoms with Crippen molar-refractivity contribution in [2.75, 3.05) is 25.0 Å². The molecule has 0 unspecified atom stereocenters. The van der Waals surface area contributed by atoms with Gasteiger partial charge in [-0.15, -0.1) is 0 Å². The van der Waals surface area contributed by atoms with Crippen LogP contribution in [0.25, 0.3) is 153 Å². The van der Waals surface area contributed by atoms with Crippen molar-refractivity contribution >= 4 is 148 Å². The fourth-order valence-electron chi connectivity index (χ4n) is 14.3. The van der Waals surface area contributed by atoms with Gasteiger partial charge in [0, 0.05) is 68.2 Å². The van der Waals surface area contributed by atoms with E-state index in [-0.39, 0.29) is 63.7 Å². The van der Waals surface area contributed by atoms with Crippen molar-refractivity contribution in [3.05, 3.63) is 166 Å². The second kappa shape index (κ2) is 14.7. The molecule has 0 radical (unpaired) electrons. The number of nitrogens with one attached hydrogen (secondary N) is 2. The SMILES string of the molecule is CS(=O)(=O)c1c2[nH]c(c3c2-c2cccc4cccc-3c24)c(S(C)(=O)=O)c2nc(c(S(C)(=O)=O)c3[nH]c(c4c3-c3cccc5cccc-4c35)c(S(C)(=O)=O)c3nc1c1c4cccc5cccc(c3=1)c54)c1c3cccc4cccc(c2=1)c43. The molecule has 5 heterocycles. The quantitative estimate of drug-likeness (QED) is 0.171. The van der Waals surface area contributed by atoms with Gasteiger partial charge in [0.1, 0.15) is 19.6 Å². The maximum Gasteiger partial charge on any atom is 0.179 e. The average Bonchev–Trinajstić information content (AvgIpc) is 4.36. The normalized spacial score (nSPS) is 13.7. The van der Waals surface area contributed by atoms with Crippen LogP contribution in [0.2, 0.25) is 0 Å². The van der Waals surface area contributed by atoms with Gasteiger partial charge in [-0.25, -0.2) is 43.6 Å². The van der Waals surface area contributed by atoms with Crippen LogP contribution in [0.3, 0.4) is 0 Å². The largest absolute Gasteiger partial charge is 0.352 e. The number of benzene rings is 8. The molecular formula is C64H38N4O8S4. The topological polar surface area (TPSA) is 194 Å². The maximum absolute atomic E-state index is 15.5. The number of aromatic nitrogens is 4. The fraction of sp³-hybridized carbons (Fsp3) is 0.0625. The summed E-state index contributed by atoms with van der Waals surface area (Å²) in [6, 6.07) is 45.5. The molecule has 0 spiro atoms. The van der Waals surface area contributed by atoms with E-state index in [2.05, 4.69) is 9.97 Å². The lowest BCUT2D eigenvalue weighted by atomic mass is 10.0. The van der Waals surface area contributed by atoms with Crippen LogP contribution >= 0.6 is 0 Å². The smallest absolute Gasteiger partial charge is 0.179 e. The Balaban J connectivity index is 1.31. The minimum absolute atomic E-state index is 0.0349. The molecule has 0 saturated heterocycles. The summed E-state index contributed by atoms with van der Waals surface area (Å²) in [5, 5.41) is 10.2. The van der Waals surface area contributed by atoms with Gasteiger partial charge in [-0.1, -0.05) is 146 Å². The van der Waals surface area contributed by atoms with Gasteiger partial charge in [0.2, 0.25) is 0 Å². The van der Waals surface area contributed by atoms with E-state index in [1.165, 1.54) is 0 Å². The summed E-state index contributed by atoms with van der Waals surface area (Å²) in [5.41, 5.74) is 4.02. The highest BCUT2D eigenvalue weighted by Gasteiger charge is 2.37. The molecule has 2 aliphatic heterocycles. The lowest BCUT2D eigenvalue weighted by molar-refractivity contribution is 0.601. The summed E-state index contributed by atoms with van der Waals surface area (Å²) in [7, 11) is -17.9. The van der Waals surface area contributed by atoms with Crippen LogP contribution in [0, 0.1) is 20.9 Å². The van der Waals surface area contributed by atoms with Gasteiger partial charge in [-0.2, -0.15) is 0 Å². The molecule has 0 amide bonds. The lowest BCUT2D eigenvalue weighted by Gasteiger charge is -2.07. The number of nitrogens with zero attached hydrogens (tertiary/aromatic N) is 2. The fourth-order valence-corrected chi connectivity index (χ4v) is 18.4. The van der Waals surface area contributed by atoms with Crippen molar-refractivity contribution in [3.63, 3.8) is 0 Å². The van der Waals surface area contributed by atoms with Gasteiger partial charge in [0.25, 0.3) is 0 Å². The third-order valence-corrected chi connectivity index (χ3v) is 21.5. The first-order valence-corrected chi connectivity index (χ1v) is 33.2. The molecule has 0 atom stereocenters. The average molecular weight is 1120 g/mol. The second-order valence-electron chi connectivity index (χ2n) is 21.6. The first-order valence-electron chi connectivity index (χ1n) is 25.6. The number of aromatic amines is 2. The Bertz CT molecular complexity index is 5540. The number of rotatable bonds is 4. The maximum atomic E-state index is 15.5. The summed E-state index contributed by atoms with van der Waals surface area (Å²) < 4.78 is 124. The molecule has 3 aromatic heterocycles. The zero-order valence-electron chi connectivity index (χ0n) is 42.6. The Kier molecular flexibility index (Phi) is 8.48. The highest BCUT2D eigenvalue weighted by molar-refractivity contribution is 7.92. The molecular weight excluding hydrogens is 1080 g/mol. The number of hydrogen-bond donors (Lipinski definition) is 2. The minimum Gasteiger partial charge on any atom is -0.352 e. The van der Waals surface area contributed by atoms with E-state index >= 15 is 33.7 Å². The van der Waals surface area contributed by atoms with E-state index in [1.807, 2.05) is 146 Å².